The topological polar surface area (TPSA) is 24.5 Å². The largest absolute Gasteiger partial charge is 0.489 e. The van der Waals surface area contributed by atoms with Crippen molar-refractivity contribution in [1.29, 1.82) is 0 Å². The molecule has 1 rings (SSSR count). The molecule has 21 heavy (non-hydrogen) atoms. The van der Waals surface area contributed by atoms with Crippen molar-refractivity contribution in [2.75, 3.05) is 25.0 Å². The third-order valence-electron chi connectivity index (χ3n) is 3.26. The van der Waals surface area contributed by atoms with E-state index in [1.165, 1.54) is 24.1 Å². The summed E-state index contributed by atoms with van der Waals surface area (Å²) in [6.07, 6.45) is 4.45. The molecule has 0 radical (unpaired) electrons. The van der Waals surface area contributed by atoms with Crippen LogP contribution in [0.3, 0.4) is 0 Å². The number of nitrogens with zero attached hydrogens (tertiary/aromatic N) is 1. The highest BCUT2D eigenvalue weighted by atomic mass is 16.5. The molecule has 3 nitrogen and oxygen atoms in total. The van der Waals surface area contributed by atoms with E-state index in [2.05, 4.69) is 62.8 Å². The number of ether oxygens (including phenoxy) is 1. The van der Waals surface area contributed by atoms with Crippen LogP contribution in [0.2, 0.25) is 0 Å². The average Bonchev–Trinajstić information content (AvgIpc) is 2.44. The summed E-state index contributed by atoms with van der Waals surface area (Å²) in [4.78, 5) is 2.28. The van der Waals surface area contributed by atoms with Crippen molar-refractivity contribution in [1.82, 2.24) is 5.32 Å². The second kappa shape index (κ2) is 9.46. The van der Waals surface area contributed by atoms with Crippen molar-refractivity contribution in [3.8, 4) is 5.75 Å². The Hall–Kier alpha value is -1.48. The molecule has 1 aromatic rings. The monoisotopic (exact) mass is 290 g/mol. The third kappa shape index (κ3) is 6.21. The molecule has 0 bridgehead atoms. The minimum atomic E-state index is 0.180. The molecule has 0 aliphatic heterocycles. The van der Waals surface area contributed by atoms with E-state index in [4.69, 9.17) is 4.74 Å². The van der Waals surface area contributed by atoms with Gasteiger partial charge in [-0.3, -0.25) is 0 Å². The van der Waals surface area contributed by atoms with Crippen molar-refractivity contribution in [2.45, 2.75) is 46.3 Å². The fraction of sp³-hybridized carbons (Fsp3) is 0.556. The maximum Gasteiger partial charge on any atom is 0.143 e. The van der Waals surface area contributed by atoms with Gasteiger partial charge in [0, 0.05) is 26.7 Å². The van der Waals surface area contributed by atoms with Gasteiger partial charge in [-0.2, -0.15) is 0 Å². The second-order valence-corrected chi connectivity index (χ2v) is 5.66. The maximum atomic E-state index is 6.00. The minimum absolute atomic E-state index is 0.180. The molecule has 1 aromatic carbocycles. The third-order valence-corrected chi connectivity index (χ3v) is 3.26. The van der Waals surface area contributed by atoms with Gasteiger partial charge in [-0.15, -0.1) is 6.58 Å². The van der Waals surface area contributed by atoms with Crippen molar-refractivity contribution < 1.29 is 4.74 Å². The summed E-state index contributed by atoms with van der Waals surface area (Å²) in [6, 6.07) is 6.48. The van der Waals surface area contributed by atoms with Crippen molar-refractivity contribution in [3.05, 3.63) is 36.4 Å². The Morgan fingerprint density at radius 1 is 1.38 bits per heavy atom. The Labute approximate surface area is 130 Å². The lowest BCUT2D eigenvalue weighted by Crippen LogP contribution is -2.20. The van der Waals surface area contributed by atoms with Crippen LogP contribution in [0.1, 0.15) is 39.2 Å². The van der Waals surface area contributed by atoms with Gasteiger partial charge >= 0.3 is 0 Å². The van der Waals surface area contributed by atoms with Gasteiger partial charge in [-0.05, 0) is 38.0 Å². The van der Waals surface area contributed by atoms with Crippen LogP contribution >= 0.6 is 0 Å². The van der Waals surface area contributed by atoms with Gasteiger partial charge in [0.25, 0.3) is 0 Å². The molecule has 0 atom stereocenters. The van der Waals surface area contributed by atoms with Gasteiger partial charge < -0.3 is 15.0 Å². The number of unbranched alkanes of at least 4 members (excludes halogenated alkanes) is 1. The van der Waals surface area contributed by atoms with Crippen molar-refractivity contribution in [2.24, 2.45) is 0 Å². The highest BCUT2D eigenvalue weighted by Gasteiger charge is 2.11. The van der Waals surface area contributed by atoms with E-state index >= 15 is 0 Å². The Balaban J connectivity index is 2.87. The number of nitrogens with one attached hydrogen (secondary N) is 1. The Morgan fingerprint density at radius 3 is 2.76 bits per heavy atom. The lowest BCUT2D eigenvalue weighted by molar-refractivity contribution is 0.242. The zero-order valence-corrected chi connectivity index (χ0v) is 14.0. The molecule has 0 aromatic heterocycles. The number of rotatable bonds is 10. The first kappa shape index (κ1) is 17.6. The molecule has 1 N–H and O–H groups in total. The molecule has 0 fully saturated rings. The fourth-order valence-electron chi connectivity index (χ4n) is 2.17. The molecule has 0 spiro atoms. The lowest BCUT2D eigenvalue weighted by atomic mass is 10.1. The van der Waals surface area contributed by atoms with E-state index in [0.717, 1.165) is 25.4 Å². The normalized spacial score (nSPS) is 10.7. The van der Waals surface area contributed by atoms with E-state index in [1.54, 1.807) is 0 Å². The van der Waals surface area contributed by atoms with E-state index < -0.39 is 0 Å². The van der Waals surface area contributed by atoms with Crippen LogP contribution in [0.15, 0.2) is 30.9 Å². The predicted molar refractivity (Wildman–Crippen MR) is 92.3 cm³/mol. The van der Waals surface area contributed by atoms with Crippen LogP contribution in [0, 0.1) is 0 Å². The SMILES string of the molecule is C=CCNCc1ccc(N(C)CCCC)c(OC(C)C)c1. The molecule has 0 aliphatic carbocycles. The molecule has 0 aliphatic rings. The first-order valence-corrected chi connectivity index (χ1v) is 7.90. The van der Waals surface area contributed by atoms with E-state index in [0.29, 0.717) is 0 Å². The van der Waals surface area contributed by atoms with Crippen LogP contribution in [-0.2, 0) is 6.54 Å². The zero-order chi connectivity index (χ0) is 15.7. The molecule has 0 saturated carbocycles. The molecular weight excluding hydrogens is 260 g/mol. The van der Waals surface area contributed by atoms with Gasteiger partial charge in [0.15, 0.2) is 0 Å². The van der Waals surface area contributed by atoms with Gasteiger partial charge in [0.05, 0.1) is 11.8 Å². The molecule has 0 amide bonds. The molecule has 3 heteroatoms. The maximum absolute atomic E-state index is 6.00. The Morgan fingerprint density at radius 2 is 2.14 bits per heavy atom. The second-order valence-electron chi connectivity index (χ2n) is 5.66. The lowest BCUT2D eigenvalue weighted by Gasteiger charge is -2.24. The van der Waals surface area contributed by atoms with Crippen LogP contribution in [-0.4, -0.2) is 26.2 Å². The quantitative estimate of drug-likeness (QED) is 0.521. The fourth-order valence-corrected chi connectivity index (χ4v) is 2.17. The highest BCUT2D eigenvalue weighted by Crippen LogP contribution is 2.30. The van der Waals surface area contributed by atoms with Crippen LogP contribution < -0.4 is 15.0 Å². The van der Waals surface area contributed by atoms with Crippen molar-refractivity contribution in [3.63, 3.8) is 0 Å². The summed E-state index contributed by atoms with van der Waals surface area (Å²) in [5, 5.41) is 3.33. The summed E-state index contributed by atoms with van der Waals surface area (Å²) in [7, 11) is 2.13. The summed E-state index contributed by atoms with van der Waals surface area (Å²) < 4.78 is 6.00. The summed E-state index contributed by atoms with van der Waals surface area (Å²) in [5.74, 6) is 0.974. The molecule has 0 heterocycles. The highest BCUT2D eigenvalue weighted by molar-refractivity contribution is 5.59. The van der Waals surface area contributed by atoms with Gasteiger partial charge in [-0.25, -0.2) is 0 Å². The minimum Gasteiger partial charge on any atom is -0.489 e. The van der Waals surface area contributed by atoms with Crippen LogP contribution in [0.4, 0.5) is 5.69 Å². The van der Waals surface area contributed by atoms with Gasteiger partial charge in [0.1, 0.15) is 5.75 Å². The predicted octanol–water partition coefficient (Wildman–Crippen LogP) is 3.99. The average molecular weight is 290 g/mol. The summed E-state index contributed by atoms with van der Waals surface area (Å²) in [6.45, 7) is 12.8. The summed E-state index contributed by atoms with van der Waals surface area (Å²) >= 11 is 0. The number of hydrogen-bond donors (Lipinski definition) is 1. The Kier molecular flexibility index (Phi) is 7.91. The first-order valence-electron chi connectivity index (χ1n) is 7.90. The van der Waals surface area contributed by atoms with E-state index in [-0.39, 0.29) is 6.10 Å². The van der Waals surface area contributed by atoms with E-state index in [9.17, 15) is 0 Å². The van der Waals surface area contributed by atoms with Crippen LogP contribution in [0.5, 0.6) is 5.75 Å². The molecule has 118 valence electrons. The first-order chi connectivity index (χ1) is 10.1. The van der Waals surface area contributed by atoms with Gasteiger partial charge in [0.2, 0.25) is 0 Å². The molecular formula is C18H30N2O. The zero-order valence-electron chi connectivity index (χ0n) is 14.0. The number of anilines is 1. The van der Waals surface area contributed by atoms with Crippen LogP contribution in [0.25, 0.3) is 0 Å². The Bertz CT molecular complexity index is 429. The number of benzene rings is 1. The molecule has 0 saturated heterocycles. The molecule has 0 unspecified atom stereocenters. The van der Waals surface area contributed by atoms with Crippen molar-refractivity contribution >= 4 is 5.69 Å². The standard InChI is InChI=1S/C18H30N2O/c1-6-8-12-20(5)17-10-9-16(14-19-11-7-2)13-18(17)21-15(3)4/h7,9-10,13,15,19H,2,6,8,11-12,14H2,1,3-5H3. The van der Waals surface area contributed by atoms with E-state index in [1.807, 2.05) is 6.08 Å². The number of hydrogen-bond acceptors (Lipinski definition) is 3. The van der Waals surface area contributed by atoms with Gasteiger partial charge in [-0.1, -0.05) is 25.5 Å². The smallest absolute Gasteiger partial charge is 0.143 e. The summed E-state index contributed by atoms with van der Waals surface area (Å²) in [5.41, 5.74) is 2.41.